The van der Waals surface area contributed by atoms with Crippen LogP contribution in [0, 0.1) is 0 Å². The molecule has 0 unspecified atom stereocenters. The van der Waals surface area contributed by atoms with Crippen LogP contribution in [0.15, 0.2) is 36.5 Å². The third-order valence-corrected chi connectivity index (χ3v) is 4.48. The van der Waals surface area contributed by atoms with Crippen molar-refractivity contribution in [1.29, 1.82) is 0 Å². The molecule has 8 nitrogen and oxygen atoms in total. The molecule has 0 aliphatic carbocycles. The Kier molecular flexibility index (Phi) is 5.07. The standard InChI is InChI=1S/C19H21N5O3/c1-23(2)16-7-6-13(10-21-16)22-18(26)19(27)24-9-8-14-12(11-24)4-3-5-15(14)17(20)25/h3-7,10H,8-9,11H2,1-2H3,(H2,20,25)(H,22,26). The van der Waals surface area contributed by atoms with Gasteiger partial charge in [0.2, 0.25) is 5.91 Å². The third kappa shape index (κ3) is 3.89. The van der Waals surface area contributed by atoms with E-state index in [9.17, 15) is 14.4 Å². The summed E-state index contributed by atoms with van der Waals surface area (Å²) in [4.78, 5) is 43.8. The lowest BCUT2D eigenvalue weighted by atomic mass is 9.94. The van der Waals surface area contributed by atoms with Gasteiger partial charge in [-0.15, -0.1) is 0 Å². The van der Waals surface area contributed by atoms with Crippen molar-refractivity contribution in [2.24, 2.45) is 5.73 Å². The van der Waals surface area contributed by atoms with Gasteiger partial charge in [-0.3, -0.25) is 14.4 Å². The van der Waals surface area contributed by atoms with Crippen LogP contribution < -0.4 is 16.0 Å². The van der Waals surface area contributed by atoms with Crippen molar-refractivity contribution in [3.05, 3.63) is 53.2 Å². The summed E-state index contributed by atoms with van der Waals surface area (Å²) in [6, 6.07) is 8.68. The second-order valence-electron chi connectivity index (χ2n) is 6.54. The van der Waals surface area contributed by atoms with Crippen LogP contribution in [0.5, 0.6) is 0 Å². The number of nitrogens with one attached hydrogen (secondary N) is 1. The highest BCUT2D eigenvalue weighted by Crippen LogP contribution is 2.23. The van der Waals surface area contributed by atoms with Crippen molar-refractivity contribution >= 4 is 29.2 Å². The van der Waals surface area contributed by atoms with Crippen molar-refractivity contribution in [2.75, 3.05) is 30.9 Å². The molecule has 1 aliphatic rings. The van der Waals surface area contributed by atoms with Crippen molar-refractivity contribution in [2.45, 2.75) is 13.0 Å². The fourth-order valence-corrected chi connectivity index (χ4v) is 3.07. The maximum absolute atomic E-state index is 12.5. The molecule has 27 heavy (non-hydrogen) atoms. The van der Waals surface area contributed by atoms with Gasteiger partial charge in [-0.25, -0.2) is 4.98 Å². The molecule has 0 saturated heterocycles. The first-order chi connectivity index (χ1) is 12.9. The summed E-state index contributed by atoms with van der Waals surface area (Å²) < 4.78 is 0. The number of carbonyl (C=O) groups is 3. The van der Waals surface area contributed by atoms with Gasteiger partial charge in [-0.1, -0.05) is 12.1 Å². The normalized spacial score (nSPS) is 12.9. The number of hydrogen-bond donors (Lipinski definition) is 2. The molecule has 3 N–H and O–H groups in total. The molecule has 0 radical (unpaired) electrons. The van der Waals surface area contributed by atoms with E-state index in [-0.39, 0.29) is 6.54 Å². The van der Waals surface area contributed by atoms with Crippen LogP contribution in [-0.2, 0) is 22.6 Å². The number of fused-ring (bicyclic) bond motifs is 1. The topological polar surface area (TPSA) is 109 Å². The molecule has 1 aliphatic heterocycles. The van der Waals surface area contributed by atoms with Gasteiger partial charge in [-0.2, -0.15) is 0 Å². The maximum Gasteiger partial charge on any atom is 0.313 e. The molecule has 2 aromatic rings. The highest BCUT2D eigenvalue weighted by Gasteiger charge is 2.27. The van der Waals surface area contributed by atoms with Crippen molar-refractivity contribution in [3.8, 4) is 0 Å². The zero-order chi connectivity index (χ0) is 19.6. The molecule has 3 rings (SSSR count). The highest BCUT2D eigenvalue weighted by atomic mass is 16.2. The number of pyridine rings is 1. The fourth-order valence-electron chi connectivity index (χ4n) is 3.07. The van der Waals surface area contributed by atoms with Crippen LogP contribution in [0.3, 0.4) is 0 Å². The number of carbonyl (C=O) groups excluding carboxylic acids is 3. The summed E-state index contributed by atoms with van der Waals surface area (Å²) >= 11 is 0. The molecule has 1 aromatic carbocycles. The molecule has 0 spiro atoms. The molecular formula is C19H21N5O3. The Bertz CT molecular complexity index is 893. The first-order valence-corrected chi connectivity index (χ1v) is 8.51. The van der Waals surface area contributed by atoms with Crippen LogP contribution in [0.2, 0.25) is 0 Å². The molecule has 1 aromatic heterocycles. The Morgan fingerprint density at radius 2 is 1.96 bits per heavy atom. The average molecular weight is 367 g/mol. The van der Waals surface area contributed by atoms with Gasteiger partial charge in [0.25, 0.3) is 0 Å². The Morgan fingerprint density at radius 3 is 2.59 bits per heavy atom. The monoisotopic (exact) mass is 367 g/mol. The number of aromatic nitrogens is 1. The molecule has 2 heterocycles. The maximum atomic E-state index is 12.5. The molecule has 140 valence electrons. The van der Waals surface area contributed by atoms with Crippen LogP contribution >= 0.6 is 0 Å². The quantitative estimate of drug-likeness (QED) is 0.779. The van der Waals surface area contributed by atoms with Crippen molar-refractivity contribution < 1.29 is 14.4 Å². The highest BCUT2D eigenvalue weighted by molar-refractivity contribution is 6.39. The lowest BCUT2D eigenvalue weighted by Gasteiger charge is -2.29. The predicted molar refractivity (Wildman–Crippen MR) is 101 cm³/mol. The summed E-state index contributed by atoms with van der Waals surface area (Å²) in [5.41, 5.74) is 8.00. The minimum absolute atomic E-state index is 0.264. The van der Waals surface area contributed by atoms with Crippen molar-refractivity contribution in [1.82, 2.24) is 9.88 Å². The second kappa shape index (κ2) is 7.45. The lowest BCUT2D eigenvalue weighted by Crippen LogP contribution is -2.43. The van der Waals surface area contributed by atoms with Crippen LogP contribution in [0.25, 0.3) is 0 Å². The zero-order valence-electron chi connectivity index (χ0n) is 15.2. The number of hydrogen-bond acceptors (Lipinski definition) is 5. The molecule has 8 heteroatoms. The lowest BCUT2D eigenvalue weighted by molar-refractivity contribution is -0.143. The Labute approximate surface area is 157 Å². The van der Waals surface area contributed by atoms with E-state index in [0.29, 0.717) is 24.2 Å². The molecule has 0 fully saturated rings. The fraction of sp³-hybridized carbons (Fsp3) is 0.263. The summed E-state index contributed by atoms with van der Waals surface area (Å²) in [6.45, 7) is 0.613. The van der Waals surface area contributed by atoms with Crippen LogP contribution in [0.4, 0.5) is 11.5 Å². The SMILES string of the molecule is CN(C)c1ccc(NC(=O)C(=O)N2CCc3c(cccc3C(N)=O)C2)cn1. The van der Waals surface area contributed by atoms with Gasteiger partial charge in [0.15, 0.2) is 0 Å². The molecule has 3 amide bonds. The largest absolute Gasteiger partial charge is 0.366 e. The Morgan fingerprint density at radius 1 is 1.19 bits per heavy atom. The number of nitrogens with two attached hydrogens (primary N) is 1. The second-order valence-corrected chi connectivity index (χ2v) is 6.54. The Hall–Kier alpha value is -3.42. The van der Waals surface area contributed by atoms with Crippen molar-refractivity contribution in [3.63, 3.8) is 0 Å². The number of benzene rings is 1. The molecule has 0 saturated carbocycles. The number of anilines is 2. The van der Waals surface area contributed by atoms with Crippen LogP contribution in [-0.4, -0.2) is 48.2 Å². The summed E-state index contributed by atoms with van der Waals surface area (Å²) in [5, 5.41) is 2.57. The first-order valence-electron chi connectivity index (χ1n) is 8.51. The zero-order valence-corrected chi connectivity index (χ0v) is 15.2. The van der Waals surface area contributed by atoms with E-state index in [1.807, 2.05) is 25.1 Å². The van der Waals surface area contributed by atoms with E-state index in [1.165, 1.54) is 11.1 Å². The summed E-state index contributed by atoms with van der Waals surface area (Å²) in [5.74, 6) is -1.08. The van der Waals surface area contributed by atoms with Gasteiger partial charge in [0.05, 0.1) is 11.9 Å². The molecular weight excluding hydrogens is 346 g/mol. The predicted octanol–water partition coefficient (Wildman–Crippen LogP) is 0.770. The summed E-state index contributed by atoms with van der Waals surface area (Å²) in [7, 11) is 3.73. The van der Waals surface area contributed by atoms with E-state index in [1.54, 1.807) is 24.3 Å². The van der Waals surface area contributed by atoms with E-state index in [4.69, 9.17) is 5.73 Å². The summed E-state index contributed by atoms with van der Waals surface area (Å²) in [6.07, 6.45) is 1.98. The number of amides is 3. The number of rotatable bonds is 3. The molecule has 0 atom stereocenters. The van der Waals surface area contributed by atoms with E-state index in [2.05, 4.69) is 10.3 Å². The Balaban J connectivity index is 1.68. The average Bonchev–Trinajstić information content (AvgIpc) is 2.66. The van der Waals surface area contributed by atoms with E-state index < -0.39 is 17.7 Å². The number of nitrogens with zero attached hydrogens (tertiary/aromatic N) is 3. The minimum atomic E-state index is -0.719. The smallest absolute Gasteiger partial charge is 0.313 e. The third-order valence-electron chi connectivity index (χ3n) is 4.48. The van der Waals surface area contributed by atoms with Gasteiger partial charge >= 0.3 is 11.8 Å². The van der Waals surface area contributed by atoms with Gasteiger partial charge in [0, 0.05) is 32.7 Å². The van der Waals surface area contributed by atoms with E-state index in [0.717, 1.165) is 16.9 Å². The van der Waals surface area contributed by atoms with Crippen LogP contribution in [0.1, 0.15) is 21.5 Å². The first kappa shape index (κ1) is 18.4. The van der Waals surface area contributed by atoms with E-state index >= 15 is 0 Å². The van der Waals surface area contributed by atoms with Gasteiger partial charge in [-0.05, 0) is 35.7 Å². The minimum Gasteiger partial charge on any atom is -0.366 e. The van der Waals surface area contributed by atoms with Gasteiger partial charge < -0.3 is 20.9 Å². The number of primary amides is 1. The van der Waals surface area contributed by atoms with Gasteiger partial charge in [0.1, 0.15) is 5.82 Å². The molecule has 0 bridgehead atoms.